The van der Waals surface area contributed by atoms with Gasteiger partial charge in [0.1, 0.15) is 11.0 Å². The summed E-state index contributed by atoms with van der Waals surface area (Å²) in [6, 6.07) is 0. The molecule has 0 aromatic carbocycles. The first kappa shape index (κ1) is 6.39. The Bertz CT molecular complexity index is 68.8. The van der Waals surface area contributed by atoms with Gasteiger partial charge in [-0.2, -0.15) is 0 Å². The molecule has 2 nitrogen and oxygen atoms in total. The van der Waals surface area contributed by atoms with E-state index in [9.17, 15) is 4.55 Å². The van der Waals surface area contributed by atoms with Gasteiger partial charge in [-0.05, 0) is 18.1 Å². The van der Waals surface area contributed by atoms with E-state index in [1.807, 2.05) is 6.92 Å². The molecule has 1 heterocycles. The van der Waals surface area contributed by atoms with Gasteiger partial charge >= 0.3 is 0 Å². The van der Waals surface area contributed by atoms with Crippen LogP contribution in [0.4, 0.5) is 0 Å². The molecule has 8 heavy (non-hydrogen) atoms. The van der Waals surface area contributed by atoms with Gasteiger partial charge in [0, 0.05) is 0 Å². The third-order valence-corrected chi connectivity index (χ3v) is 2.92. The highest BCUT2D eigenvalue weighted by Gasteiger charge is 2.20. The van der Waals surface area contributed by atoms with Gasteiger partial charge in [-0.3, -0.25) is 0 Å². The molecule has 0 N–H and O–H groups in total. The van der Waals surface area contributed by atoms with Gasteiger partial charge in [-0.15, -0.1) is 0 Å². The molecule has 0 aliphatic carbocycles. The summed E-state index contributed by atoms with van der Waals surface area (Å²) < 4.78 is 10.8. The zero-order valence-electron chi connectivity index (χ0n) is 4.96. The summed E-state index contributed by atoms with van der Waals surface area (Å²) in [5, 5.41) is 4.42. The maximum absolute atomic E-state index is 10.8. The van der Waals surface area contributed by atoms with E-state index in [0.717, 1.165) is 18.8 Å². The third-order valence-electron chi connectivity index (χ3n) is 1.29. The zero-order valence-corrected chi connectivity index (χ0v) is 5.78. The molecule has 0 spiro atoms. The highest BCUT2D eigenvalue weighted by Crippen LogP contribution is 2.04. The van der Waals surface area contributed by atoms with Crippen LogP contribution in [0, 0.1) is 0 Å². The fourth-order valence-corrected chi connectivity index (χ4v) is 1.70. The largest absolute Gasteiger partial charge is 0.616 e. The first-order valence-electron chi connectivity index (χ1n) is 2.81. The van der Waals surface area contributed by atoms with Crippen LogP contribution in [0.15, 0.2) is 0 Å². The first-order chi connectivity index (χ1) is 3.80. The summed E-state index contributed by atoms with van der Waals surface area (Å²) >= 11 is -0.579. The number of nitrogens with zero attached hydrogens (tertiary/aromatic N) is 1. The smallest absolute Gasteiger partial charge is 0.126 e. The van der Waals surface area contributed by atoms with Crippen molar-refractivity contribution in [3.8, 4) is 0 Å². The standard InChI is InChI=1S/C5H10NOS/c1-5-4-6-2-3-8(5)7/h5H,2-4H2,1H3. The van der Waals surface area contributed by atoms with E-state index < -0.39 is 11.2 Å². The lowest BCUT2D eigenvalue weighted by atomic mass is 10.4. The Morgan fingerprint density at radius 2 is 2.50 bits per heavy atom. The predicted octanol–water partition coefficient (Wildman–Crippen LogP) is -0.258. The maximum Gasteiger partial charge on any atom is 0.126 e. The van der Waals surface area contributed by atoms with Gasteiger partial charge in [0.05, 0.1) is 13.1 Å². The Labute approximate surface area is 52.8 Å². The van der Waals surface area contributed by atoms with Gasteiger partial charge in [0.2, 0.25) is 0 Å². The van der Waals surface area contributed by atoms with Gasteiger partial charge in [-0.25, -0.2) is 5.32 Å². The highest BCUT2D eigenvalue weighted by molar-refractivity contribution is 7.92. The summed E-state index contributed by atoms with van der Waals surface area (Å²) in [6.45, 7) is 3.59. The topological polar surface area (TPSA) is 37.2 Å². The minimum Gasteiger partial charge on any atom is -0.616 e. The molecule has 1 aliphatic rings. The van der Waals surface area contributed by atoms with Gasteiger partial charge in [0.15, 0.2) is 0 Å². The summed E-state index contributed by atoms with van der Waals surface area (Å²) in [5.41, 5.74) is 0. The zero-order chi connectivity index (χ0) is 5.98. The van der Waals surface area contributed by atoms with Crippen molar-refractivity contribution in [2.24, 2.45) is 0 Å². The normalized spacial score (nSPS) is 39.8. The van der Waals surface area contributed by atoms with E-state index in [1.54, 1.807) is 0 Å². The van der Waals surface area contributed by atoms with Gasteiger partial charge < -0.3 is 4.55 Å². The van der Waals surface area contributed by atoms with Crippen molar-refractivity contribution in [2.75, 3.05) is 18.8 Å². The highest BCUT2D eigenvalue weighted by atomic mass is 32.2. The van der Waals surface area contributed by atoms with E-state index in [0.29, 0.717) is 5.25 Å². The number of rotatable bonds is 0. The quantitative estimate of drug-likeness (QED) is 0.418. The van der Waals surface area contributed by atoms with Crippen LogP contribution in [0.3, 0.4) is 0 Å². The fourth-order valence-electron chi connectivity index (χ4n) is 0.712. The second-order valence-corrected chi connectivity index (χ2v) is 4.00. The molecule has 0 aromatic rings. The van der Waals surface area contributed by atoms with Gasteiger partial charge in [0.25, 0.3) is 0 Å². The Kier molecular flexibility index (Phi) is 2.16. The SMILES string of the molecule is CC1C[N]CC[S+]1[O-]. The summed E-state index contributed by atoms with van der Waals surface area (Å²) in [4.78, 5) is 0. The molecule has 3 heteroatoms. The molecule has 1 aliphatic heterocycles. The van der Waals surface area contributed by atoms with E-state index in [1.165, 1.54) is 0 Å². The molecule has 0 saturated carbocycles. The molecule has 1 saturated heterocycles. The maximum atomic E-state index is 10.8. The average Bonchev–Trinajstić information content (AvgIpc) is 1.77. The second-order valence-electron chi connectivity index (χ2n) is 2.03. The van der Waals surface area contributed by atoms with Crippen molar-refractivity contribution in [1.82, 2.24) is 5.32 Å². The minimum absolute atomic E-state index is 0.309. The summed E-state index contributed by atoms with van der Waals surface area (Å²) in [5.74, 6) is 0.779. The van der Waals surface area contributed by atoms with Crippen molar-refractivity contribution in [3.63, 3.8) is 0 Å². The minimum atomic E-state index is -0.579. The Hall–Kier alpha value is 0.270. The molecule has 1 fully saturated rings. The van der Waals surface area contributed by atoms with Crippen molar-refractivity contribution < 1.29 is 4.55 Å². The van der Waals surface area contributed by atoms with E-state index in [4.69, 9.17) is 0 Å². The first-order valence-corrected chi connectivity index (χ1v) is 4.19. The number of hydrogen-bond donors (Lipinski definition) is 0. The second kappa shape index (κ2) is 2.71. The van der Waals surface area contributed by atoms with Crippen LogP contribution >= 0.6 is 0 Å². The van der Waals surface area contributed by atoms with Crippen LogP contribution in [0.2, 0.25) is 0 Å². The van der Waals surface area contributed by atoms with Crippen LogP contribution in [-0.4, -0.2) is 28.6 Å². The van der Waals surface area contributed by atoms with Crippen molar-refractivity contribution in [3.05, 3.63) is 0 Å². The van der Waals surface area contributed by atoms with E-state index in [-0.39, 0.29) is 0 Å². The Morgan fingerprint density at radius 3 is 2.88 bits per heavy atom. The molecular formula is C5H10NOS. The summed E-state index contributed by atoms with van der Waals surface area (Å²) in [7, 11) is 0. The molecule has 0 aromatic heterocycles. The van der Waals surface area contributed by atoms with Crippen LogP contribution in [-0.2, 0) is 11.2 Å². The van der Waals surface area contributed by atoms with E-state index >= 15 is 0 Å². The average molecular weight is 132 g/mol. The molecule has 47 valence electrons. The summed E-state index contributed by atoms with van der Waals surface area (Å²) in [6.07, 6.45) is 0. The lowest BCUT2D eigenvalue weighted by molar-refractivity contribution is 0.550. The molecule has 2 unspecified atom stereocenters. The monoisotopic (exact) mass is 132 g/mol. The third kappa shape index (κ3) is 1.37. The predicted molar refractivity (Wildman–Crippen MR) is 34.3 cm³/mol. The lowest BCUT2D eigenvalue weighted by Gasteiger charge is -2.22. The number of hydrogen-bond acceptors (Lipinski definition) is 1. The lowest BCUT2D eigenvalue weighted by Crippen LogP contribution is -2.38. The fraction of sp³-hybridized carbons (Fsp3) is 1.00. The van der Waals surface area contributed by atoms with Crippen molar-refractivity contribution in [1.29, 1.82) is 0 Å². The molecule has 1 radical (unpaired) electrons. The van der Waals surface area contributed by atoms with Crippen LogP contribution < -0.4 is 5.32 Å². The van der Waals surface area contributed by atoms with Crippen LogP contribution in [0.1, 0.15) is 6.92 Å². The van der Waals surface area contributed by atoms with Gasteiger partial charge in [-0.1, -0.05) is 0 Å². The Morgan fingerprint density at radius 1 is 1.75 bits per heavy atom. The van der Waals surface area contributed by atoms with Crippen LogP contribution in [0.5, 0.6) is 0 Å². The molecule has 2 atom stereocenters. The van der Waals surface area contributed by atoms with Crippen molar-refractivity contribution >= 4 is 11.2 Å². The molecule has 0 amide bonds. The van der Waals surface area contributed by atoms with E-state index in [2.05, 4.69) is 5.32 Å². The van der Waals surface area contributed by atoms with Crippen LogP contribution in [0.25, 0.3) is 0 Å². The molecular weight excluding hydrogens is 122 g/mol. The molecule has 0 bridgehead atoms. The van der Waals surface area contributed by atoms with Crippen molar-refractivity contribution in [2.45, 2.75) is 12.2 Å². The Balaban J connectivity index is 2.28. The molecule has 1 rings (SSSR count).